The summed E-state index contributed by atoms with van der Waals surface area (Å²) in [6, 6.07) is 8.90. The van der Waals surface area contributed by atoms with Crippen molar-refractivity contribution < 1.29 is 28.4 Å². The van der Waals surface area contributed by atoms with Gasteiger partial charge in [0, 0.05) is 26.3 Å². The molecule has 1 aromatic carbocycles. The molecule has 12 heteroatoms. The number of aromatic nitrogens is 1. The molecule has 0 aliphatic carbocycles. The van der Waals surface area contributed by atoms with E-state index in [1.54, 1.807) is 13.0 Å². The first kappa shape index (κ1) is 33.7. The molecule has 0 radical (unpaired) electrons. The Morgan fingerprint density at radius 1 is 1.05 bits per heavy atom. The van der Waals surface area contributed by atoms with Crippen LogP contribution in [-0.4, -0.2) is 61.1 Å². The minimum atomic E-state index is -1.12. The average molecular weight is 581 g/mol. The Kier molecular flexibility index (Phi) is 12.9. The highest BCUT2D eigenvalue weighted by Gasteiger charge is 2.28. The molecule has 0 saturated heterocycles. The van der Waals surface area contributed by atoms with Crippen LogP contribution in [0.3, 0.4) is 0 Å². The smallest absolute Gasteiger partial charge is 0.274 e. The number of hydrogen-bond donors (Lipinski definition) is 4. The van der Waals surface area contributed by atoms with Gasteiger partial charge in [-0.25, -0.2) is 0 Å². The first-order valence-corrected chi connectivity index (χ1v) is 13.6. The van der Waals surface area contributed by atoms with E-state index in [1.807, 2.05) is 58.0 Å². The van der Waals surface area contributed by atoms with Gasteiger partial charge in [0.15, 0.2) is 5.69 Å². The molecule has 0 fully saturated rings. The van der Waals surface area contributed by atoms with Crippen LogP contribution < -0.4 is 21.3 Å². The Bertz CT molecular complexity index is 1300. The number of ether oxygens (including phenoxy) is 1. The van der Waals surface area contributed by atoms with Gasteiger partial charge in [0.1, 0.15) is 29.5 Å². The fourth-order valence-corrected chi connectivity index (χ4v) is 3.80. The number of nitrogens with zero attached hydrogens (tertiary/aromatic N) is 2. The van der Waals surface area contributed by atoms with Crippen molar-refractivity contribution in [3.63, 3.8) is 0 Å². The Balaban J connectivity index is 2.09. The standard InChI is InChI=1S/C30H40N6O6/c1-19-9-11-21(12-10-19)17-33-27(38)23(8-7-13-32-26(37)22(16-31)15-30(3,4)5)34-29(40)25(18-41-6)35-28(39)24-14-20(2)42-36-24/h9-12,14-15,23,25H,7-8,13,17-18H2,1-6H3,(H,32,37)(H,33,38)(H,34,40)(H,35,39)/t23-,25-/m0/s1. The lowest BCUT2D eigenvalue weighted by Gasteiger charge is -2.23. The van der Waals surface area contributed by atoms with E-state index >= 15 is 0 Å². The monoisotopic (exact) mass is 580 g/mol. The highest BCUT2D eigenvalue weighted by Crippen LogP contribution is 2.17. The van der Waals surface area contributed by atoms with Crippen molar-refractivity contribution in [2.75, 3.05) is 20.3 Å². The molecule has 1 heterocycles. The first-order chi connectivity index (χ1) is 19.8. The number of nitrogens with one attached hydrogen (secondary N) is 4. The van der Waals surface area contributed by atoms with Crippen molar-refractivity contribution in [3.8, 4) is 6.07 Å². The van der Waals surface area contributed by atoms with Gasteiger partial charge in [-0.2, -0.15) is 5.26 Å². The zero-order valence-corrected chi connectivity index (χ0v) is 25.0. The number of methoxy groups -OCH3 is 1. The minimum Gasteiger partial charge on any atom is -0.382 e. The summed E-state index contributed by atoms with van der Waals surface area (Å²) >= 11 is 0. The van der Waals surface area contributed by atoms with E-state index in [-0.39, 0.29) is 42.8 Å². The van der Waals surface area contributed by atoms with Gasteiger partial charge in [0.2, 0.25) is 11.8 Å². The molecule has 0 spiro atoms. The predicted molar refractivity (Wildman–Crippen MR) is 155 cm³/mol. The third kappa shape index (κ3) is 11.5. The molecule has 2 atom stereocenters. The third-order valence-electron chi connectivity index (χ3n) is 5.93. The van der Waals surface area contributed by atoms with Crippen molar-refractivity contribution >= 4 is 23.6 Å². The van der Waals surface area contributed by atoms with Crippen LogP contribution in [0.4, 0.5) is 0 Å². The van der Waals surface area contributed by atoms with Gasteiger partial charge in [-0.1, -0.05) is 61.8 Å². The van der Waals surface area contributed by atoms with Crippen molar-refractivity contribution in [2.45, 2.75) is 66.1 Å². The first-order valence-electron chi connectivity index (χ1n) is 13.6. The molecule has 0 saturated carbocycles. The van der Waals surface area contributed by atoms with E-state index < -0.39 is 35.7 Å². The van der Waals surface area contributed by atoms with Crippen LogP contribution in [-0.2, 0) is 25.7 Å². The third-order valence-corrected chi connectivity index (χ3v) is 5.93. The fourth-order valence-electron chi connectivity index (χ4n) is 3.80. The van der Waals surface area contributed by atoms with Gasteiger partial charge in [-0.3, -0.25) is 19.2 Å². The van der Waals surface area contributed by atoms with E-state index in [1.165, 1.54) is 13.2 Å². The number of benzene rings is 1. The van der Waals surface area contributed by atoms with Crippen molar-refractivity contribution in [1.29, 1.82) is 5.26 Å². The molecule has 226 valence electrons. The van der Waals surface area contributed by atoms with Gasteiger partial charge < -0.3 is 30.5 Å². The molecular formula is C30H40N6O6. The van der Waals surface area contributed by atoms with Crippen molar-refractivity contribution in [3.05, 3.63) is 64.6 Å². The number of carbonyl (C=O) groups excluding carboxylic acids is 4. The van der Waals surface area contributed by atoms with Gasteiger partial charge in [-0.05, 0) is 37.7 Å². The number of amides is 4. The normalized spacial score (nSPS) is 12.9. The van der Waals surface area contributed by atoms with Crippen LogP contribution in [0.25, 0.3) is 0 Å². The lowest BCUT2D eigenvalue weighted by molar-refractivity contribution is -0.130. The van der Waals surface area contributed by atoms with Crippen LogP contribution in [0, 0.1) is 30.6 Å². The molecule has 1 aromatic heterocycles. The maximum atomic E-state index is 13.2. The van der Waals surface area contributed by atoms with Crippen molar-refractivity contribution in [2.24, 2.45) is 5.41 Å². The van der Waals surface area contributed by atoms with Gasteiger partial charge in [-0.15, -0.1) is 0 Å². The molecule has 2 rings (SSSR count). The van der Waals surface area contributed by atoms with E-state index in [2.05, 4.69) is 26.4 Å². The largest absolute Gasteiger partial charge is 0.382 e. The van der Waals surface area contributed by atoms with E-state index in [4.69, 9.17) is 9.26 Å². The zero-order chi connectivity index (χ0) is 31.3. The second-order valence-electron chi connectivity index (χ2n) is 11.0. The molecule has 2 aromatic rings. The molecular weight excluding hydrogens is 540 g/mol. The average Bonchev–Trinajstić information content (AvgIpc) is 3.38. The molecule has 0 unspecified atom stereocenters. The Labute approximate surface area is 246 Å². The SMILES string of the molecule is COC[C@H](NC(=O)c1cc(C)on1)C(=O)N[C@@H](CCCNC(=O)C(C#N)=CC(C)(C)C)C(=O)NCc1ccc(C)cc1. The van der Waals surface area contributed by atoms with Gasteiger partial charge in [0.25, 0.3) is 11.8 Å². The van der Waals surface area contributed by atoms with Crippen LogP contribution >= 0.6 is 0 Å². The maximum Gasteiger partial charge on any atom is 0.274 e. The second-order valence-corrected chi connectivity index (χ2v) is 11.0. The Hall–Kier alpha value is -4.50. The van der Waals surface area contributed by atoms with Crippen LogP contribution in [0.15, 0.2) is 46.5 Å². The van der Waals surface area contributed by atoms with E-state index in [9.17, 15) is 24.4 Å². The number of hydrogen-bond acceptors (Lipinski definition) is 8. The molecule has 42 heavy (non-hydrogen) atoms. The fraction of sp³-hybridized carbons (Fsp3) is 0.467. The minimum absolute atomic E-state index is 0.00165. The second kappa shape index (κ2) is 16.1. The number of allylic oxidation sites excluding steroid dienone is 1. The molecule has 4 N–H and O–H groups in total. The molecule has 0 aliphatic heterocycles. The summed E-state index contributed by atoms with van der Waals surface area (Å²) in [5, 5.41) is 23.8. The van der Waals surface area contributed by atoms with Crippen LogP contribution in [0.5, 0.6) is 0 Å². The van der Waals surface area contributed by atoms with Crippen LogP contribution in [0.1, 0.15) is 61.0 Å². The van der Waals surface area contributed by atoms with Crippen LogP contribution in [0.2, 0.25) is 0 Å². The summed E-state index contributed by atoms with van der Waals surface area (Å²) in [5.41, 5.74) is 1.62. The topological polar surface area (TPSA) is 175 Å². The summed E-state index contributed by atoms with van der Waals surface area (Å²) < 4.78 is 10.0. The van der Waals surface area contributed by atoms with Crippen molar-refractivity contribution in [1.82, 2.24) is 26.4 Å². The number of aryl methyl sites for hydroxylation is 2. The van der Waals surface area contributed by atoms with Gasteiger partial charge in [0.05, 0.1) is 6.61 Å². The Morgan fingerprint density at radius 2 is 1.74 bits per heavy atom. The molecule has 12 nitrogen and oxygen atoms in total. The highest BCUT2D eigenvalue weighted by molar-refractivity contribution is 5.98. The quantitative estimate of drug-likeness (QED) is 0.149. The summed E-state index contributed by atoms with van der Waals surface area (Å²) in [5.74, 6) is -1.78. The predicted octanol–water partition coefficient (Wildman–Crippen LogP) is 2.23. The number of nitriles is 1. The lowest BCUT2D eigenvalue weighted by atomic mass is 9.93. The molecule has 0 bridgehead atoms. The van der Waals surface area contributed by atoms with E-state index in [0.29, 0.717) is 12.2 Å². The highest BCUT2D eigenvalue weighted by atomic mass is 16.5. The summed E-state index contributed by atoms with van der Waals surface area (Å²) in [4.78, 5) is 51.4. The molecule has 0 aliphatic rings. The zero-order valence-electron chi connectivity index (χ0n) is 25.0. The summed E-state index contributed by atoms with van der Waals surface area (Å²) in [6.45, 7) is 9.50. The maximum absolute atomic E-state index is 13.2. The lowest BCUT2D eigenvalue weighted by Crippen LogP contribution is -2.55. The Morgan fingerprint density at radius 3 is 2.31 bits per heavy atom. The summed E-state index contributed by atoms with van der Waals surface area (Å²) in [7, 11) is 1.38. The molecule has 4 amide bonds. The number of carbonyl (C=O) groups is 4. The van der Waals surface area contributed by atoms with Gasteiger partial charge >= 0.3 is 0 Å². The van der Waals surface area contributed by atoms with E-state index in [0.717, 1.165) is 11.1 Å². The summed E-state index contributed by atoms with van der Waals surface area (Å²) in [6.07, 6.45) is 2.09. The number of rotatable bonds is 14.